The molecule has 0 unspecified atom stereocenters. The Morgan fingerprint density at radius 1 is 1.30 bits per heavy atom. The molecular weight excluding hydrogens is 411 g/mol. The summed E-state index contributed by atoms with van der Waals surface area (Å²) in [6.45, 7) is 8.18. The molecule has 7 nitrogen and oxygen atoms in total. The van der Waals surface area contributed by atoms with E-state index in [1.807, 2.05) is 7.05 Å². The van der Waals surface area contributed by atoms with E-state index in [2.05, 4.69) is 31.4 Å². The zero-order valence-electron chi connectivity index (χ0n) is 17.8. The van der Waals surface area contributed by atoms with E-state index in [-0.39, 0.29) is 17.4 Å². The van der Waals surface area contributed by atoms with Crippen LogP contribution in [-0.2, 0) is 16.6 Å². The van der Waals surface area contributed by atoms with E-state index in [1.165, 1.54) is 12.1 Å². The molecule has 1 amide bonds. The van der Waals surface area contributed by atoms with Crippen molar-refractivity contribution < 1.29 is 18.8 Å². The van der Waals surface area contributed by atoms with Gasteiger partial charge in [-0.2, -0.15) is 5.26 Å². The first-order chi connectivity index (χ1) is 13.9. The number of nitrogens with zero attached hydrogens (tertiary/aromatic N) is 2. The van der Waals surface area contributed by atoms with Gasteiger partial charge in [-0.25, -0.2) is 4.39 Å². The van der Waals surface area contributed by atoms with E-state index >= 15 is 0 Å². The topological polar surface area (TPSA) is 104 Å². The van der Waals surface area contributed by atoms with Crippen LogP contribution in [0.5, 0.6) is 0 Å². The van der Waals surface area contributed by atoms with Crippen molar-refractivity contribution >= 4 is 35.8 Å². The molecule has 1 heterocycles. The highest BCUT2D eigenvalue weighted by Gasteiger charge is 2.14. The molecule has 9 heteroatoms. The standard InChI is InChI=1S/C8H8ClNO2.C8H5FN2O.C5H13N/c1-5-8(9)6(3-10(5)2)7(12)4-11;9-8-2-1-7(11-5-12)3-6(8)4-10;1-5(2,3)6-4/h3-4H,1-2H3;1-3,5H,(H,11,12);6H,1-4H3. The number of ketones is 1. The summed E-state index contributed by atoms with van der Waals surface area (Å²) < 4.78 is 14.4. The fourth-order valence-corrected chi connectivity index (χ4v) is 1.98. The predicted octanol–water partition coefficient (Wildman–Crippen LogP) is 3.64. The summed E-state index contributed by atoms with van der Waals surface area (Å²) in [5, 5.41) is 14.2. The van der Waals surface area contributed by atoms with E-state index in [1.54, 1.807) is 30.8 Å². The van der Waals surface area contributed by atoms with Crippen LogP contribution in [0, 0.1) is 24.1 Å². The molecule has 1 aromatic heterocycles. The zero-order valence-corrected chi connectivity index (χ0v) is 18.6. The fraction of sp³-hybridized carbons (Fsp3) is 0.333. The third kappa shape index (κ3) is 8.99. The maximum absolute atomic E-state index is 12.7. The first kappa shape index (κ1) is 27.0. The van der Waals surface area contributed by atoms with Gasteiger partial charge in [0.1, 0.15) is 11.9 Å². The molecule has 162 valence electrons. The van der Waals surface area contributed by atoms with Crippen molar-refractivity contribution in [3.05, 3.63) is 52.1 Å². The molecule has 0 saturated carbocycles. The lowest BCUT2D eigenvalue weighted by atomic mass is 10.1. The van der Waals surface area contributed by atoms with Crippen LogP contribution in [0.15, 0.2) is 24.4 Å². The van der Waals surface area contributed by atoms with Crippen LogP contribution in [0.3, 0.4) is 0 Å². The lowest BCUT2D eigenvalue weighted by Gasteiger charge is -2.15. The molecule has 0 atom stereocenters. The molecule has 0 fully saturated rings. The molecule has 0 aliphatic heterocycles. The maximum Gasteiger partial charge on any atom is 0.228 e. The minimum Gasteiger partial charge on any atom is -0.353 e. The SMILES string of the molecule is CNC(C)(C)C.Cc1c(Cl)c(C(=O)C=O)cn1C.N#Cc1cc(NC=O)ccc1F. The zero-order chi connectivity index (χ0) is 23.5. The summed E-state index contributed by atoms with van der Waals surface area (Å²) in [7, 11) is 3.72. The Labute approximate surface area is 180 Å². The van der Waals surface area contributed by atoms with E-state index < -0.39 is 11.6 Å². The largest absolute Gasteiger partial charge is 0.353 e. The summed E-state index contributed by atoms with van der Waals surface area (Å²) in [5.41, 5.74) is 1.67. The Morgan fingerprint density at radius 2 is 1.87 bits per heavy atom. The number of Topliss-reactive ketones (excluding diaryl/α,β-unsaturated/α-hetero) is 1. The summed E-state index contributed by atoms with van der Waals surface area (Å²) in [6.07, 6.45) is 2.28. The normalized spacial score (nSPS) is 9.83. The van der Waals surface area contributed by atoms with Gasteiger partial charge in [-0.05, 0) is 52.9 Å². The second kappa shape index (κ2) is 12.5. The first-order valence-electron chi connectivity index (χ1n) is 8.81. The quantitative estimate of drug-likeness (QED) is 0.432. The number of rotatable bonds is 4. The van der Waals surface area contributed by atoms with Crippen LogP contribution in [0.4, 0.5) is 10.1 Å². The van der Waals surface area contributed by atoms with Crippen molar-refractivity contribution in [3.63, 3.8) is 0 Å². The van der Waals surface area contributed by atoms with Crippen LogP contribution >= 0.6 is 11.6 Å². The van der Waals surface area contributed by atoms with Crippen molar-refractivity contribution in [1.82, 2.24) is 9.88 Å². The number of aromatic nitrogens is 1. The molecule has 0 saturated heterocycles. The number of anilines is 1. The highest BCUT2D eigenvalue weighted by Crippen LogP contribution is 2.21. The molecule has 0 radical (unpaired) electrons. The lowest BCUT2D eigenvalue weighted by molar-refractivity contribution is -0.105. The van der Waals surface area contributed by atoms with Gasteiger partial charge >= 0.3 is 0 Å². The molecule has 0 aliphatic carbocycles. The Morgan fingerprint density at radius 3 is 2.23 bits per heavy atom. The van der Waals surface area contributed by atoms with Crippen molar-refractivity contribution in [1.29, 1.82) is 5.26 Å². The smallest absolute Gasteiger partial charge is 0.228 e. The first-order valence-corrected chi connectivity index (χ1v) is 9.19. The number of carbonyl (C=O) groups is 3. The molecule has 30 heavy (non-hydrogen) atoms. The van der Waals surface area contributed by atoms with Gasteiger partial charge in [0.25, 0.3) is 0 Å². The molecule has 2 aromatic rings. The van der Waals surface area contributed by atoms with Gasteiger partial charge < -0.3 is 15.2 Å². The van der Waals surface area contributed by atoms with Gasteiger partial charge in [0.2, 0.25) is 12.2 Å². The van der Waals surface area contributed by atoms with E-state index in [4.69, 9.17) is 16.9 Å². The number of benzene rings is 1. The van der Waals surface area contributed by atoms with Crippen molar-refractivity contribution in [2.45, 2.75) is 33.2 Å². The summed E-state index contributed by atoms with van der Waals surface area (Å²) in [5.74, 6) is -1.17. The molecule has 0 aliphatic rings. The monoisotopic (exact) mass is 436 g/mol. The molecule has 2 N–H and O–H groups in total. The fourth-order valence-electron chi connectivity index (χ4n) is 1.70. The number of nitriles is 1. The van der Waals surface area contributed by atoms with Crippen LogP contribution in [-0.4, -0.2) is 35.6 Å². The second-order valence-corrected chi connectivity index (χ2v) is 7.48. The molecule has 1 aromatic carbocycles. The number of amides is 1. The van der Waals surface area contributed by atoms with Gasteiger partial charge in [0.05, 0.1) is 16.1 Å². The molecule has 0 spiro atoms. The second-order valence-electron chi connectivity index (χ2n) is 7.10. The number of aldehydes is 1. The van der Waals surface area contributed by atoms with Gasteiger partial charge in [-0.3, -0.25) is 14.4 Å². The number of halogens is 2. The Hall–Kier alpha value is -3.02. The van der Waals surface area contributed by atoms with Gasteiger partial charge in [0.15, 0.2) is 6.29 Å². The van der Waals surface area contributed by atoms with Crippen molar-refractivity contribution in [3.8, 4) is 6.07 Å². The summed E-state index contributed by atoms with van der Waals surface area (Å²) >= 11 is 5.79. The lowest BCUT2D eigenvalue weighted by Crippen LogP contribution is -2.31. The van der Waals surface area contributed by atoms with Crippen LogP contribution < -0.4 is 10.6 Å². The molecular formula is C21H26ClFN4O3. The van der Waals surface area contributed by atoms with Crippen molar-refractivity contribution in [2.75, 3.05) is 12.4 Å². The average Bonchev–Trinajstić information content (AvgIpc) is 2.96. The van der Waals surface area contributed by atoms with Gasteiger partial charge in [0, 0.05) is 30.2 Å². The average molecular weight is 437 g/mol. The molecule has 0 bridgehead atoms. The van der Waals surface area contributed by atoms with Crippen molar-refractivity contribution in [2.24, 2.45) is 7.05 Å². The Balaban J connectivity index is 0.000000447. The summed E-state index contributed by atoms with van der Waals surface area (Å²) in [6, 6.07) is 5.44. The third-order valence-electron chi connectivity index (χ3n) is 3.84. The van der Waals surface area contributed by atoms with E-state index in [0.29, 0.717) is 22.7 Å². The number of nitrogens with one attached hydrogen (secondary N) is 2. The maximum atomic E-state index is 12.7. The number of hydrogen-bond acceptors (Lipinski definition) is 5. The Kier molecular flexibility index (Phi) is 11.3. The Bertz CT molecular complexity index is 928. The van der Waals surface area contributed by atoms with Crippen LogP contribution in [0.1, 0.15) is 42.4 Å². The number of hydrogen-bond donors (Lipinski definition) is 2. The minimum absolute atomic E-state index is 0.0816. The number of aryl methyl sites for hydroxylation is 1. The number of carbonyl (C=O) groups excluding carboxylic acids is 3. The van der Waals surface area contributed by atoms with E-state index in [0.717, 1.165) is 11.8 Å². The minimum atomic E-state index is -0.589. The predicted molar refractivity (Wildman–Crippen MR) is 115 cm³/mol. The van der Waals surface area contributed by atoms with Crippen LogP contribution in [0.25, 0.3) is 0 Å². The van der Waals surface area contributed by atoms with Crippen LogP contribution in [0.2, 0.25) is 5.02 Å². The third-order valence-corrected chi connectivity index (χ3v) is 4.32. The highest BCUT2D eigenvalue weighted by atomic mass is 35.5. The highest BCUT2D eigenvalue weighted by molar-refractivity contribution is 6.41. The molecule has 2 rings (SSSR count). The van der Waals surface area contributed by atoms with Gasteiger partial charge in [-0.1, -0.05) is 11.6 Å². The van der Waals surface area contributed by atoms with E-state index in [9.17, 15) is 18.8 Å². The van der Waals surface area contributed by atoms with Gasteiger partial charge in [-0.15, -0.1) is 0 Å². The summed E-state index contributed by atoms with van der Waals surface area (Å²) in [4.78, 5) is 31.1.